The zero-order valence-corrected chi connectivity index (χ0v) is 10.3. The van der Waals surface area contributed by atoms with E-state index in [-0.39, 0.29) is 0 Å². The Kier molecular flexibility index (Phi) is 3.61. The second-order valence-corrected chi connectivity index (χ2v) is 4.89. The average molecular weight is 222 g/mol. The summed E-state index contributed by atoms with van der Waals surface area (Å²) in [7, 11) is 0. The lowest BCUT2D eigenvalue weighted by atomic mass is 9.98. The van der Waals surface area contributed by atoms with Gasteiger partial charge in [0.05, 0.1) is 5.69 Å². The Balaban J connectivity index is 1.99. The van der Waals surface area contributed by atoms with E-state index in [2.05, 4.69) is 28.9 Å². The van der Waals surface area contributed by atoms with E-state index in [9.17, 15) is 0 Å². The third kappa shape index (κ3) is 2.44. The standard InChI is InChI=1S/C12H22N4/c1-9-12(10(2)15-14-9)8-16-5-3-4-11(6-13)7-16/h11H,3-8,13H2,1-2H3,(H,14,15). The smallest absolute Gasteiger partial charge is 0.0639 e. The minimum Gasteiger partial charge on any atom is -0.330 e. The number of H-pyrrole nitrogens is 1. The number of nitrogens with two attached hydrogens (primary N) is 1. The zero-order valence-electron chi connectivity index (χ0n) is 10.3. The molecule has 1 fully saturated rings. The third-order valence-corrected chi connectivity index (χ3v) is 3.60. The second kappa shape index (κ2) is 4.97. The van der Waals surface area contributed by atoms with Crippen molar-refractivity contribution in [3.05, 3.63) is 17.0 Å². The first-order valence-corrected chi connectivity index (χ1v) is 6.13. The Hall–Kier alpha value is -0.870. The van der Waals surface area contributed by atoms with E-state index < -0.39 is 0 Å². The Morgan fingerprint density at radius 1 is 1.50 bits per heavy atom. The van der Waals surface area contributed by atoms with Gasteiger partial charge in [-0.2, -0.15) is 5.10 Å². The molecule has 1 atom stereocenters. The van der Waals surface area contributed by atoms with Crippen molar-refractivity contribution in [1.29, 1.82) is 0 Å². The number of nitrogens with one attached hydrogen (secondary N) is 1. The van der Waals surface area contributed by atoms with E-state index in [0.717, 1.165) is 25.3 Å². The average Bonchev–Trinajstić information content (AvgIpc) is 2.61. The van der Waals surface area contributed by atoms with E-state index in [1.807, 2.05) is 0 Å². The molecule has 4 nitrogen and oxygen atoms in total. The molecule has 0 amide bonds. The molecule has 1 unspecified atom stereocenters. The van der Waals surface area contributed by atoms with Gasteiger partial charge in [-0.15, -0.1) is 0 Å². The molecule has 2 rings (SSSR count). The van der Waals surface area contributed by atoms with Crippen LogP contribution in [0.1, 0.15) is 29.8 Å². The van der Waals surface area contributed by atoms with Gasteiger partial charge in [0, 0.05) is 24.3 Å². The van der Waals surface area contributed by atoms with Crippen molar-refractivity contribution in [2.24, 2.45) is 11.7 Å². The molecule has 0 spiro atoms. The van der Waals surface area contributed by atoms with E-state index >= 15 is 0 Å². The van der Waals surface area contributed by atoms with Crippen LogP contribution >= 0.6 is 0 Å². The molecule has 1 aliphatic rings. The lowest BCUT2D eigenvalue weighted by Crippen LogP contribution is -2.38. The van der Waals surface area contributed by atoms with Gasteiger partial charge in [-0.3, -0.25) is 10.00 Å². The normalized spacial score (nSPS) is 22.6. The first-order chi connectivity index (χ1) is 7.70. The lowest BCUT2D eigenvalue weighted by Gasteiger charge is -2.32. The molecular weight excluding hydrogens is 200 g/mol. The summed E-state index contributed by atoms with van der Waals surface area (Å²) >= 11 is 0. The fraction of sp³-hybridized carbons (Fsp3) is 0.750. The van der Waals surface area contributed by atoms with Gasteiger partial charge < -0.3 is 5.73 Å². The van der Waals surface area contributed by atoms with Gasteiger partial charge in [-0.05, 0) is 45.7 Å². The molecule has 3 N–H and O–H groups in total. The SMILES string of the molecule is Cc1n[nH]c(C)c1CN1CCCC(CN)C1. The first-order valence-electron chi connectivity index (χ1n) is 6.13. The number of nitrogens with zero attached hydrogens (tertiary/aromatic N) is 2. The molecule has 90 valence electrons. The first kappa shape index (κ1) is 11.6. The van der Waals surface area contributed by atoms with Crippen molar-refractivity contribution in [1.82, 2.24) is 15.1 Å². The summed E-state index contributed by atoms with van der Waals surface area (Å²) in [6.07, 6.45) is 2.56. The van der Waals surface area contributed by atoms with Crippen LogP contribution in [0.4, 0.5) is 0 Å². The fourth-order valence-corrected chi connectivity index (χ4v) is 2.52. The summed E-state index contributed by atoms with van der Waals surface area (Å²) in [6.45, 7) is 8.34. The molecule has 1 saturated heterocycles. The number of piperidine rings is 1. The summed E-state index contributed by atoms with van der Waals surface area (Å²) in [4.78, 5) is 2.51. The Bertz CT molecular complexity index is 325. The Morgan fingerprint density at radius 3 is 2.94 bits per heavy atom. The molecule has 1 aliphatic heterocycles. The van der Waals surface area contributed by atoms with E-state index in [0.29, 0.717) is 5.92 Å². The third-order valence-electron chi connectivity index (χ3n) is 3.60. The molecule has 0 aliphatic carbocycles. The van der Waals surface area contributed by atoms with E-state index in [1.54, 1.807) is 0 Å². The molecule has 4 heteroatoms. The highest BCUT2D eigenvalue weighted by atomic mass is 15.2. The predicted octanol–water partition coefficient (Wildman–Crippen LogP) is 1.20. The number of aromatic nitrogens is 2. The van der Waals surface area contributed by atoms with Crippen LogP contribution in [0.3, 0.4) is 0 Å². The maximum Gasteiger partial charge on any atom is 0.0639 e. The summed E-state index contributed by atoms with van der Waals surface area (Å²) in [5, 5.41) is 7.29. The van der Waals surface area contributed by atoms with Crippen molar-refractivity contribution >= 4 is 0 Å². The quantitative estimate of drug-likeness (QED) is 0.808. The number of hydrogen-bond acceptors (Lipinski definition) is 3. The van der Waals surface area contributed by atoms with Crippen LogP contribution in [0.25, 0.3) is 0 Å². The van der Waals surface area contributed by atoms with Crippen molar-refractivity contribution in [3.63, 3.8) is 0 Å². The highest BCUT2D eigenvalue weighted by Gasteiger charge is 2.20. The maximum atomic E-state index is 5.75. The fourth-order valence-electron chi connectivity index (χ4n) is 2.52. The molecule has 0 saturated carbocycles. The minimum absolute atomic E-state index is 0.682. The number of aryl methyl sites for hydroxylation is 2. The van der Waals surface area contributed by atoms with Crippen molar-refractivity contribution in [2.45, 2.75) is 33.2 Å². The largest absolute Gasteiger partial charge is 0.330 e. The van der Waals surface area contributed by atoms with Gasteiger partial charge in [0.2, 0.25) is 0 Å². The molecule has 0 bridgehead atoms. The molecule has 0 aromatic carbocycles. The molecule has 16 heavy (non-hydrogen) atoms. The topological polar surface area (TPSA) is 57.9 Å². The molecular formula is C12H22N4. The number of rotatable bonds is 3. The maximum absolute atomic E-state index is 5.75. The molecule has 1 aromatic heterocycles. The van der Waals surface area contributed by atoms with Crippen molar-refractivity contribution in [3.8, 4) is 0 Å². The van der Waals surface area contributed by atoms with Gasteiger partial charge in [0.25, 0.3) is 0 Å². The van der Waals surface area contributed by atoms with Crippen LogP contribution in [0.15, 0.2) is 0 Å². The van der Waals surface area contributed by atoms with E-state index in [4.69, 9.17) is 5.73 Å². The van der Waals surface area contributed by atoms with Gasteiger partial charge in [-0.1, -0.05) is 0 Å². The van der Waals surface area contributed by atoms with Crippen LogP contribution < -0.4 is 5.73 Å². The molecule has 2 heterocycles. The van der Waals surface area contributed by atoms with Crippen LogP contribution in [-0.4, -0.2) is 34.7 Å². The number of hydrogen-bond donors (Lipinski definition) is 2. The number of likely N-dealkylation sites (tertiary alicyclic amines) is 1. The molecule has 0 radical (unpaired) electrons. The van der Waals surface area contributed by atoms with Crippen LogP contribution in [0.2, 0.25) is 0 Å². The highest BCUT2D eigenvalue weighted by molar-refractivity contribution is 5.22. The van der Waals surface area contributed by atoms with Crippen molar-refractivity contribution in [2.75, 3.05) is 19.6 Å². The summed E-state index contributed by atoms with van der Waals surface area (Å²) < 4.78 is 0. The zero-order chi connectivity index (χ0) is 11.5. The Morgan fingerprint density at radius 2 is 2.31 bits per heavy atom. The second-order valence-electron chi connectivity index (χ2n) is 4.89. The minimum atomic E-state index is 0.682. The molecule has 1 aromatic rings. The predicted molar refractivity (Wildman–Crippen MR) is 65.1 cm³/mol. The van der Waals surface area contributed by atoms with Gasteiger partial charge >= 0.3 is 0 Å². The Labute approximate surface area is 97.2 Å². The monoisotopic (exact) mass is 222 g/mol. The number of aromatic amines is 1. The van der Waals surface area contributed by atoms with Crippen LogP contribution in [0, 0.1) is 19.8 Å². The lowest BCUT2D eigenvalue weighted by molar-refractivity contribution is 0.170. The van der Waals surface area contributed by atoms with Crippen LogP contribution in [0.5, 0.6) is 0 Å². The summed E-state index contributed by atoms with van der Waals surface area (Å²) in [6, 6.07) is 0. The highest BCUT2D eigenvalue weighted by Crippen LogP contribution is 2.19. The van der Waals surface area contributed by atoms with Crippen LogP contribution in [-0.2, 0) is 6.54 Å². The van der Waals surface area contributed by atoms with Crippen molar-refractivity contribution < 1.29 is 0 Å². The summed E-state index contributed by atoms with van der Waals surface area (Å²) in [5.74, 6) is 0.682. The summed E-state index contributed by atoms with van der Waals surface area (Å²) in [5.41, 5.74) is 9.45. The van der Waals surface area contributed by atoms with E-state index in [1.165, 1.54) is 30.6 Å². The van der Waals surface area contributed by atoms with Gasteiger partial charge in [-0.25, -0.2) is 0 Å². The van der Waals surface area contributed by atoms with Gasteiger partial charge in [0.1, 0.15) is 0 Å². The van der Waals surface area contributed by atoms with Gasteiger partial charge in [0.15, 0.2) is 0 Å².